The minimum absolute atomic E-state index is 0.0715. The lowest BCUT2D eigenvalue weighted by Crippen LogP contribution is -2.54. The third kappa shape index (κ3) is 4.56. The zero-order valence-corrected chi connectivity index (χ0v) is 18.3. The average molecular weight is 403 g/mol. The van der Waals surface area contributed by atoms with E-state index in [1.54, 1.807) is 27.0 Å². The number of carbonyl (C=O) groups is 2. The van der Waals surface area contributed by atoms with E-state index in [0.717, 1.165) is 10.4 Å². The highest BCUT2D eigenvalue weighted by molar-refractivity contribution is 6.62. The molecule has 0 spiro atoms. The summed E-state index contributed by atoms with van der Waals surface area (Å²) < 4.78 is 17.4. The van der Waals surface area contributed by atoms with E-state index in [9.17, 15) is 9.59 Å². The molecule has 3 heterocycles. The number of rotatable bonds is 2. The number of pyridine rings is 1. The second-order valence-electron chi connectivity index (χ2n) is 9.49. The van der Waals surface area contributed by atoms with E-state index in [1.807, 2.05) is 44.7 Å². The number of aromatic nitrogens is 1. The fraction of sp³-hybridized carbons (Fsp3) is 0.650. The van der Waals surface area contributed by atoms with Crippen LogP contribution in [0.25, 0.3) is 0 Å². The van der Waals surface area contributed by atoms with Gasteiger partial charge in [0.25, 0.3) is 5.91 Å². The molecular formula is C20H30BN3O5. The van der Waals surface area contributed by atoms with Crippen LogP contribution in [0.5, 0.6) is 0 Å². The molecule has 0 unspecified atom stereocenters. The highest BCUT2D eigenvalue weighted by Crippen LogP contribution is 2.36. The number of anilines is 1. The van der Waals surface area contributed by atoms with Crippen LogP contribution in [0.4, 0.5) is 10.6 Å². The van der Waals surface area contributed by atoms with Crippen molar-refractivity contribution in [1.29, 1.82) is 0 Å². The lowest BCUT2D eigenvalue weighted by molar-refractivity contribution is -0.130. The van der Waals surface area contributed by atoms with E-state index in [2.05, 4.69) is 4.98 Å². The fourth-order valence-electron chi connectivity index (χ4n) is 3.08. The van der Waals surface area contributed by atoms with E-state index >= 15 is 0 Å². The molecule has 2 aliphatic heterocycles. The molecule has 0 N–H and O–H groups in total. The lowest BCUT2D eigenvalue weighted by atomic mass is 9.80. The Morgan fingerprint density at radius 1 is 1.14 bits per heavy atom. The number of piperazine rings is 1. The molecule has 0 atom stereocenters. The van der Waals surface area contributed by atoms with Crippen molar-refractivity contribution >= 4 is 30.4 Å². The van der Waals surface area contributed by atoms with E-state index in [-0.39, 0.29) is 19.0 Å². The second-order valence-corrected chi connectivity index (χ2v) is 9.49. The van der Waals surface area contributed by atoms with Crippen LogP contribution in [0.2, 0.25) is 0 Å². The minimum Gasteiger partial charge on any atom is -0.443 e. The Kier molecular flexibility index (Phi) is 5.42. The van der Waals surface area contributed by atoms with Gasteiger partial charge in [0.1, 0.15) is 11.4 Å². The van der Waals surface area contributed by atoms with Gasteiger partial charge in [0, 0.05) is 24.7 Å². The Balaban J connectivity index is 1.63. The predicted octanol–water partition coefficient (Wildman–Crippen LogP) is 1.96. The maximum absolute atomic E-state index is 12.4. The zero-order chi connectivity index (χ0) is 21.6. The maximum Gasteiger partial charge on any atom is 0.496 e. The van der Waals surface area contributed by atoms with Crippen molar-refractivity contribution in [3.05, 3.63) is 18.3 Å². The van der Waals surface area contributed by atoms with Gasteiger partial charge >= 0.3 is 13.2 Å². The van der Waals surface area contributed by atoms with Gasteiger partial charge < -0.3 is 18.9 Å². The molecule has 1 aromatic rings. The van der Waals surface area contributed by atoms with Gasteiger partial charge in [0.2, 0.25) is 0 Å². The van der Waals surface area contributed by atoms with Crippen molar-refractivity contribution in [3.63, 3.8) is 0 Å². The monoisotopic (exact) mass is 403 g/mol. The highest BCUT2D eigenvalue weighted by Gasteiger charge is 2.51. The molecule has 2 amide bonds. The number of hydrogen-bond donors (Lipinski definition) is 0. The number of hydrogen-bond acceptors (Lipinski definition) is 7. The van der Waals surface area contributed by atoms with Crippen LogP contribution in [-0.4, -0.2) is 65.4 Å². The molecule has 29 heavy (non-hydrogen) atoms. The molecule has 2 saturated heterocycles. The topological polar surface area (TPSA) is 81.2 Å². The molecule has 158 valence electrons. The number of imide groups is 1. The van der Waals surface area contributed by atoms with Gasteiger partial charge in [-0.15, -0.1) is 0 Å². The Labute approximate surface area is 172 Å². The van der Waals surface area contributed by atoms with Crippen molar-refractivity contribution in [1.82, 2.24) is 9.88 Å². The lowest BCUT2D eigenvalue weighted by Gasteiger charge is -2.34. The molecule has 0 aromatic carbocycles. The SMILES string of the molecule is CC(C)(C)OC(=O)N1CCN(c2ccc(B3OC(C)(C)C(C)(C)O3)cn2)CC1=O. The standard InChI is InChI=1S/C20H30BN3O5/c1-18(2,3)27-17(26)24-11-10-23(13-16(24)25)15-9-8-14(12-22-15)21-28-19(4,5)20(6,7)29-21/h8-9,12H,10-11,13H2,1-7H3. The molecule has 8 nitrogen and oxygen atoms in total. The Morgan fingerprint density at radius 2 is 1.76 bits per heavy atom. The van der Waals surface area contributed by atoms with Crippen LogP contribution in [0.3, 0.4) is 0 Å². The first-order valence-electron chi connectivity index (χ1n) is 9.89. The highest BCUT2D eigenvalue weighted by atomic mass is 16.7. The zero-order valence-electron chi connectivity index (χ0n) is 18.3. The van der Waals surface area contributed by atoms with Gasteiger partial charge in [0.15, 0.2) is 0 Å². The summed E-state index contributed by atoms with van der Waals surface area (Å²) >= 11 is 0. The molecule has 1 aromatic heterocycles. The summed E-state index contributed by atoms with van der Waals surface area (Å²) in [4.78, 5) is 32.1. The van der Waals surface area contributed by atoms with Crippen molar-refractivity contribution in [2.45, 2.75) is 65.3 Å². The molecule has 0 aliphatic carbocycles. The first kappa shape index (κ1) is 21.6. The normalized spacial score (nSPS) is 21.5. The van der Waals surface area contributed by atoms with Gasteiger partial charge in [0.05, 0.1) is 17.7 Å². The van der Waals surface area contributed by atoms with Crippen LogP contribution < -0.4 is 10.4 Å². The maximum atomic E-state index is 12.4. The fourth-order valence-corrected chi connectivity index (χ4v) is 3.08. The summed E-state index contributed by atoms with van der Waals surface area (Å²) in [7, 11) is -0.479. The number of nitrogens with zero attached hydrogens (tertiary/aromatic N) is 3. The van der Waals surface area contributed by atoms with Crippen molar-refractivity contribution < 1.29 is 23.6 Å². The summed E-state index contributed by atoms with van der Waals surface area (Å²) in [6, 6.07) is 3.74. The van der Waals surface area contributed by atoms with Gasteiger partial charge in [-0.1, -0.05) is 6.07 Å². The summed E-state index contributed by atoms with van der Waals surface area (Å²) in [5.74, 6) is 0.366. The molecule has 0 bridgehead atoms. The van der Waals surface area contributed by atoms with E-state index in [4.69, 9.17) is 14.0 Å². The predicted molar refractivity (Wildman–Crippen MR) is 110 cm³/mol. The quantitative estimate of drug-likeness (QED) is 0.699. The smallest absolute Gasteiger partial charge is 0.443 e. The van der Waals surface area contributed by atoms with E-state index in [1.165, 1.54) is 0 Å². The van der Waals surface area contributed by atoms with Crippen LogP contribution in [0.15, 0.2) is 18.3 Å². The summed E-state index contributed by atoms with van der Waals surface area (Å²) in [6.07, 6.45) is 1.11. The summed E-state index contributed by atoms with van der Waals surface area (Å²) in [5.41, 5.74) is -0.646. The number of carbonyl (C=O) groups excluding carboxylic acids is 2. The largest absolute Gasteiger partial charge is 0.496 e. The first-order valence-corrected chi connectivity index (χ1v) is 9.89. The van der Waals surface area contributed by atoms with Gasteiger partial charge in [-0.3, -0.25) is 4.79 Å². The van der Waals surface area contributed by atoms with E-state index < -0.39 is 30.0 Å². The molecule has 2 fully saturated rings. The van der Waals surface area contributed by atoms with Crippen molar-refractivity contribution in [3.8, 4) is 0 Å². The number of amides is 2. The average Bonchev–Trinajstić information content (AvgIpc) is 2.81. The summed E-state index contributed by atoms with van der Waals surface area (Å²) in [6.45, 7) is 14.2. The molecular weight excluding hydrogens is 373 g/mol. The van der Waals surface area contributed by atoms with Gasteiger partial charge in [-0.25, -0.2) is 14.7 Å². The van der Waals surface area contributed by atoms with E-state index in [0.29, 0.717) is 12.4 Å². The second kappa shape index (κ2) is 7.29. The molecule has 3 rings (SSSR count). The van der Waals surface area contributed by atoms with Crippen LogP contribution in [0.1, 0.15) is 48.5 Å². The molecule has 9 heteroatoms. The van der Waals surface area contributed by atoms with Crippen LogP contribution in [-0.2, 0) is 18.8 Å². The molecule has 2 aliphatic rings. The van der Waals surface area contributed by atoms with Crippen LogP contribution >= 0.6 is 0 Å². The third-order valence-electron chi connectivity index (χ3n) is 5.45. The third-order valence-corrected chi connectivity index (χ3v) is 5.45. The van der Waals surface area contributed by atoms with Crippen molar-refractivity contribution in [2.24, 2.45) is 0 Å². The Morgan fingerprint density at radius 3 is 2.24 bits per heavy atom. The van der Waals surface area contributed by atoms with Gasteiger partial charge in [-0.2, -0.15) is 0 Å². The molecule has 0 saturated carbocycles. The Hall–Kier alpha value is -2.13. The minimum atomic E-state index is -0.639. The van der Waals surface area contributed by atoms with Crippen LogP contribution in [0, 0.1) is 0 Å². The summed E-state index contributed by atoms with van der Waals surface area (Å²) in [5, 5.41) is 0. The number of ether oxygens (including phenoxy) is 1. The van der Waals surface area contributed by atoms with Gasteiger partial charge in [-0.05, 0) is 54.5 Å². The Bertz CT molecular complexity index is 772. The first-order chi connectivity index (χ1) is 13.3. The van der Waals surface area contributed by atoms with Crippen molar-refractivity contribution in [2.75, 3.05) is 24.5 Å². The molecule has 0 radical (unpaired) electrons.